The summed E-state index contributed by atoms with van der Waals surface area (Å²) in [6.07, 6.45) is -3.26. The van der Waals surface area contributed by atoms with E-state index in [-0.39, 0.29) is 12.2 Å². The highest BCUT2D eigenvalue weighted by molar-refractivity contribution is 9.10. The average Bonchev–Trinajstić information content (AvgIpc) is 2.38. The van der Waals surface area contributed by atoms with Crippen LogP contribution in [0.15, 0.2) is 22.7 Å². The van der Waals surface area contributed by atoms with E-state index >= 15 is 0 Å². The summed E-state index contributed by atoms with van der Waals surface area (Å²) in [7, 11) is 0. The Balaban J connectivity index is 2.35. The number of ketones is 1. The lowest BCUT2D eigenvalue weighted by Crippen LogP contribution is -2.27. The molecule has 1 aliphatic heterocycles. The van der Waals surface area contributed by atoms with Crippen LogP contribution in [0, 0.1) is 5.92 Å². The molecule has 0 spiro atoms. The predicted octanol–water partition coefficient (Wildman–Crippen LogP) is 4.08. The Labute approximate surface area is 117 Å². The maximum absolute atomic E-state index is 13.0. The van der Waals surface area contributed by atoms with Crippen LogP contribution in [0.1, 0.15) is 28.8 Å². The summed E-state index contributed by atoms with van der Waals surface area (Å²) in [5, 5.41) is 0. The van der Waals surface area contributed by atoms with Crippen molar-refractivity contribution in [2.75, 3.05) is 13.2 Å². The lowest BCUT2D eigenvalue weighted by molar-refractivity contribution is -0.138. The van der Waals surface area contributed by atoms with Gasteiger partial charge in [0.15, 0.2) is 5.78 Å². The maximum Gasteiger partial charge on any atom is 0.417 e. The van der Waals surface area contributed by atoms with Gasteiger partial charge in [-0.2, -0.15) is 13.2 Å². The molecule has 1 heterocycles. The van der Waals surface area contributed by atoms with Gasteiger partial charge in [-0.15, -0.1) is 0 Å². The number of alkyl halides is 3. The van der Waals surface area contributed by atoms with Crippen LogP contribution in [-0.2, 0) is 10.9 Å². The molecule has 2 nitrogen and oxygen atoms in total. The lowest BCUT2D eigenvalue weighted by atomic mass is 9.90. The third-order valence-corrected chi connectivity index (χ3v) is 3.58. The van der Waals surface area contributed by atoms with Gasteiger partial charge < -0.3 is 4.74 Å². The van der Waals surface area contributed by atoms with Gasteiger partial charge in [0.05, 0.1) is 12.2 Å². The summed E-state index contributed by atoms with van der Waals surface area (Å²) in [5.41, 5.74) is -1.16. The van der Waals surface area contributed by atoms with E-state index in [9.17, 15) is 18.0 Å². The molecule has 1 aromatic carbocycles. The smallest absolute Gasteiger partial charge is 0.381 e. The number of hydrogen-bond donors (Lipinski definition) is 0. The molecular formula is C13H12BrF3O2. The van der Waals surface area contributed by atoms with Crippen LogP contribution in [0.4, 0.5) is 13.2 Å². The summed E-state index contributed by atoms with van der Waals surface area (Å²) in [5.74, 6) is -0.962. The van der Waals surface area contributed by atoms with E-state index in [1.807, 2.05) is 0 Å². The second-order valence-electron chi connectivity index (χ2n) is 4.47. The quantitative estimate of drug-likeness (QED) is 0.761. The van der Waals surface area contributed by atoms with Crippen molar-refractivity contribution >= 4 is 21.7 Å². The molecule has 1 aliphatic rings. The maximum atomic E-state index is 13.0. The molecule has 104 valence electrons. The Morgan fingerprint density at radius 2 is 2.11 bits per heavy atom. The summed E-state index contributed by atoms with van der Waals surface area (Å²) in [4.78, 5) is 12.2. The number of rotatable bonds is 2. The molecule has 19 heavy (non-hydrogen) atoms. The minimum Gasteiger partial charge on any atom is -0.381 e. The summed E-state index contributed by atoms with van der Waals surface area (Å²) >= 11 is 3.00. The Morgan fingerprint density at radius 1 is 1.37 bits per heavy atom. The fourth-order valence-electron chi connectivity index (χ4n) is 2.13. The largest absolute Gasteiger partial charge is 0.417 e. The number of carbonyl (C=O) groups is 1. The van der Waals surface area contributed by atoms with Gasteiger partial charge >= 0.3 is 6.18 Å². The molecule has 0 aromatic heterocycles. The van der Waals surface area contributed by atoms with E-state index in [0.717, 1.165) is 6.07 Å². The number of Topliss-reactive ketones (excluding diaryl/α,β-unsaturated/α-hetero) is 1. The van der Waals surface area contributed by atoms with Crippen molar-refractivity contribution in [2.24, 2.45) is 5.92 Å². The SMILES string of the molecule is O=C(c1ccc(Br)cc1C(F)(F)F)C1CCCOC1. The van der Waals surface area contributed by atoms with E-state index in [1.165, 1.54) is 12.1 Å². The van der Waals surface area contributed by atoms with Gasteiger partial charge in [0.25, 0.3) is 0 Å². The monoisotopic (exact) mass is 336 g/mol. The number of hydrogen-bond acceptors (Lipinski definition) is 2. The van der Waals surface area contributed by atoms with E-state index < -0.39 is 23.4 Å². The number of benzene rings is 1. The summed E-state index contributed by atoms with van der Waals surface area (Å²) in [6, 6.07) is 3.62. The van der Waals surface area contributed by atoms with Crippen molar-refractivity contribution in [3.05, 3.63) is 33.8 Å². The standard InChI is InChI=1S/C13H12BrF3O2/c14-9-3-4-10(11(6-9)13(15,16)17)12(18)8-2-1-5-19-7-8/h3-4,6,8H,1-2,5,7H2. The van der Waals surface area contributed by atoms with Gasteiger partial charge in [-0.1, -0.05) is 15.9 Å². The van der Waals surface area contributed by atoms with E-state index in [4.69, 9.17) is 4.74 Å². The van der Waals surface area contributed by atoms with Crippen LogP contribution >= 0.6 is 15.9 Å². The van der Waals surface area contributed by atoms with Crippen LogP contribution < -0.4 is 0 Å². The van der Waals surface area contributed by atoms with Crippen molar-refractivity contribution in [3.8, 4) is 0 Å². The molecule has 0 N–H and O–H groups in total. The Hall–Kier alpha value is -0.880. The van der Waals surface area contributed by atoms with Crippen LogP contribution in [-0.4, -0.2) is 19.0 Å². The second-order valence-corrected chi connectivity index (χ2v) is 5.38. The van der Waals surface area contributed by atoms with Crippen molar-refractivity contribution in [3.63, 3.8) is 0 Å². The van der Waals surface area contributed by atoms with Gasteiger partial charge in [0.2, 0.25) is 0 Å². The summed E-state index contributed by atoms with van der Waals surface area (Å²) in [6.45, 7) is 0.766. The number of ether oxygens (including phenoxy) is 1. The third kappa shape index (κ3) is 3.36. The van der Waals surface area contributed by atoms with Gasteiger partial charge in [0, 0.05) is 22.6 Å². The molecule has 6 heteroatoms. The highest BCUT2D eigenvalue weighted by Crippen LogP contribution is 2.35. The van der Waals surface area contributed by atoms with Crippen LogP contribution in [0.25, 0.3) is 0 Å². The zero-order valence-electron chi connectivity index (χ0n) is 9.97. The molecule has 1 saturated heterocycles. The van der Waals surface area contributed by atoms with Crippen molar-refractivity contribution in [1.29, 1.82) is 0 Å². The molecule has 0 saturated carbocycles. The highest BCUT2D eigenvalue weighted by Gasteiger charge is 2.37. The zero-order chi connectivity index (χ0) is 14.0. The summed E-state index contributed by atoms with van der Waals surface area (Å²) < 4.78 is 44.3. The first-order valence-electron chi connectivity index (χ1n) is 5.88. The predicted molar refractivity (Wildman–Crippen MR) is 67.0 cm³/mol. The van der Waals surface area contributed by atoms with Crippen molar-refractivity contribution in [1.82, 2.24) is 0 Å². The Kier molecular flexibility index (Phi) is 4.30. The van der Waals surface area contributed by atoms with Gasteiger partial charge in [-0.25, -0.2) is 0 Å². The zero-order valence-corrected chi connectivity index (χ0v) is 11.6. The van der Waals surface area contributed by atoms with Crippen LogP contribution in [0.2, 0.25) is 0 Å². The van der Waals surface area contributed by atoms with Gasteiger partial charge in [-0.05, 0) is 31.0 Å². The molecule has 1 unspecified atom stereocenters. The Bertz CT molecular complexity index is 479. The highest BCUT2D eigenvalue weighted by atomic mass is 79.9. The number of halogens is 4. The fraction of sp³-hybridized carbons (Fsp3) is 0.462. The normalized spacial score (nSPS) is 20.3. The molecule has 0 radical (unpaired) electrons. The molecule has 0 amide bonds. The molecular weight excluding hydrogens is 325 g/mol. The van der Waals surface area contributed by atoms with E-state index in [1.54, 1.807) is 0 Å². The molecule has 1 fully saturated rings. The van der Waals surface area contributed by atoms with Crippen LogP contribution in [0.3, 0.4) is 0 Å². The van der Waals surface area contributed by atoms with Gasteiger partial charge in [0.1, 0.15) is 0 Å². The van der Waals surface area contributed by atoms with Crippen molar-refractivity contribution in [2.45, 2.75) is 19.0 Å². The first-order chi connectivity index (χ1) is 8.89. The number of carbonyl (C=O) groups excluding carboxylic acids is 1. The molecule has 0 bridgehead atoms. The van der Waals surface area contributed by atoms with Crippen molar-refractivity contribution < 1.29 is 22.7 Å². The first-order valence-corrected chi connectivity index (χ1v) is 6.67. The van der Waals surface area contributed by atoms with Gasteiger partial charge in [-0.3, -0.25) is 4.79 Å². The second kappa shape index (κ2) is 5.63. The Morgan fingerprint density at radius 3 is 2.68 bits per heavy atom. The lowest BCUT2D eigenvalue weighted by Gasteiger charge is -2.22. The third-order valence-electron chi connectivity index (χ3n) is 3.08. The van der Waals surface area contributed by atoms with E-state index in [2.05, 4.69) is 15.9 Å². The van der Waals surface area contributed by atoms with Crippen LogP contribution in [0.5, 0.6) is 0 Å². The first kappa shape index (κ1) is 14.5. The minimum absolute atomic E-state index is 0.201. The molecule has 1 aromatic rings. The molecule has 1 atom stereocenters. The minimum atomic E-state index is -4.54. The molecule has 0 aliphatic carbocycles. The fourth-order valence-corrected chi connectivity index (χ4v) is 2.49. The van der Waals surface area contributed by atoms with E-state index in [0.29, 0.717) is 23.9 Å². The average molecular weight is 337 g/mol. The topological polar surface area (TPSA) is 26.3 Å². The molecule has 2 rings (SSSR count).